The average molecular weight is 219 g/mol. The molecule has 0 amide bonds. The van der Waals surface area contributed by atoms with Gasteiger partial charge < -0.3 is 5.73 Å². The Balaban J connectivity index is 2.86. The molecule has 0 aromatic heterocycles. The van der Waals surface area contributed by atoms with Crippen molar-refractivity contribution >= 4 is 5.78 Å². The van der Waals surface area contributed by atoms with Crippen LogP contribution in [0.5, 0.6) is 0 Å². The summed E-state index contributed by atoms with van der Waals surface area (Å²) in [5.41, 5.74) is 7.18. The Morgan fingerprint density at radius 1 is 1.25 bits per heavy atom. The molecule has 2 heteroatoms. The first-order valence-corrected chi connectivity index (χ1v) is 5.94. The summed E-state index contributed by atoms with van der Waals surface area (Å²) in [5.74, 6) is 0.0260. The minimum Gasteiger partial charge on any atom is -0.319 e. The van der Waals surface area contributed by atoms with E-state index < -0.39 is 5.54 Å². The van der Waals surface area contributed by atoms with Crippen molar-refractivity contribution in [2.75, 3.05) is 0 Å². The van der Waals surface area contributed by atoms with E-state index in [2.05, 4.69) is 6.92 Å². The van der Waals surface area contributed by atoms with Crippen molar-refractivity contribution in [2.24, 2.45) is 5.73 Å². The van der Waals surface area contributed by atoms with Gasteiger partial charge in [-0.2, -0.15) is 0 Å². The second-order valence-electron chi connectivity index (χ2n) is 4.55. The predicted molar refractivity (Wildman–Crippen MR) is 67.7 cm³/mol. The van der Waals surface area contributed by atoms with Crippen LogP contribution in [0.4, 0.5) is 0 Å². The lowest BCUT2D eigenvalue weighted by atomic mass is 9.89. The van der Waals surface area contributed by atoms with Crippen LogP contribution in [0.1, 0.15) is 49.5 Å². The highest BCUT2D eigenvalue weighted by atomic mass is 16.1. The minimum absolute atomic E-state index is 0.0260. The van der Waals surface area contributed by atoms with Crippen LogP contribution in [0.25, 0.3) is 0 Å². The molecule has 2 nitrogen and oxygen atoms in total. The van der Waals surface area contributed by atoms with Gasteiger partial charge in [0.05, 0.1) is 5.54 Å². The topological polar surface area (TPSA) is 43.1 Å². The maximum Gasteiger partial charge on any atom is 0.182 e. The predicted octanol–water partition coefficient (Wildman–Crippen LogP) is 2.95. The largest absolute Gasteiger partial charge is 0.319 e. The van der Waals surface area contributed by atoms with Gasteiger partial charge in [-0.3, -0.25) is 4.79 Å². The molecule has 0 aliphatic rings. The normalized spacial score (nSPS) is 14.5. The van der Waals surface area contributed by atoms with Crippen molar-refractivity contribution in [2.45, 2.75) is 45.6 Å². The lowest BCUT2D eigenvalue weighted by Gasteiger charge is -2.20. The monoisotopic (exact) mass is 219 g/mol. The van der Waals surface area contributed by atoms with Crippen LogP contribution in [0, 0.1) is 0 Å². The maximum atomic E-state index is 12.0. The van der Waals surface area contributed by atoms with E-state index in [1.807, 2.05) is 31.2 Å². The number of ketones is 1. The fourth-order valence-electron chi connectivity index (χ4n) is 1.60. The Morgan fingerprint density at radius 2 is 1.81 bits per heavy atom. The lowest BCUT2D eigenvalue weighted by Crippen LogP contribution is -2.44. The third kappa shape index (κ3) is 2.92. The molecule has 0 saturated carbocycles. The van der Waals surface area contributed by atoms with E-state index in [9.17, 15) is 4.79 Å². The molecular formula is C14H21NO. The molecule has 2 N–H and O–H groups in total. The van der Waals surface area contributed by atoms with Crippen molar-refractivity contribution < 1.29 is 4.79 Å². The van der Waals surface area contributed by atoms with Crippen molar-refractivity contribution in [3.63, 3.8) is 0 Å². The Labute approximate surface area is 97.9 Å². The number of nitrogens with two attached hydrogens (primary N) is 1. The first-order valence-electron chi connectivity index (χ1n) is 5.94. The number of hydrogen-bond acceptors (Lipinski definition) is 2. The fourth-order valence-corrected chi connectivity index (χ4v) is 1.60. The summed E-state index contributed by atoms with van der Waals surface area (Å²) in [7, 11) is 0. The van der Waals surface area contributed by atoms with Crippen molar-refractivity contribution in [1.29, 1.82) is 0 Å². The van der Waals surface area contributed by atoms with Crippen LogP contribution in [0.3, 0.4) is 0 Å². The molecule has 0 aliphatic heterocycles. The molecule has 16 heavy (non-hydrogen) atoms. The van der Waals surface area contributed by atoms with E-state index in [0.29, 0.717) is 12.0 Å². The van der Waals surface area contributed by atoms with Crippen molar-refractivity contribution in [3.05, 3.63) is 35.4 Å². The van der Waals surface area contributed by atoms with Crippen molar-refractivity contribution in [1.82, 2.24) is 0 Å². The Bertz CT molecular complexity index is 352. The molecule has 0 saturated heterocycles. The fraction of sp³-hybridized carbons (Fsp3) is 0.500. The summed E-state index contributed by atoms with van der Waals surface area (Å²) in [5, 5.41) is 0. The van der Waals surface area contributed by atoms with Gasteiger partial charge in [0.25, 0.3) is 0 Å². The minimum atomic E-state index is -0.744. The highest BCUT2D eigenvalue weighted by molar-refractivity contribution is 6.02. The van der Waals surface area contributed by atoms with E-state index in [1.54, 1.807) is 6.92 Å². The molecule has 1 atom stereocenters. The Kier molecular flexibility index (Phi) is 4.25. The maximum absolute atomic E-state index is 12.0. The zero-order valence-corrected chi connectivity index (χ0v) is 10.4. The highest BCUT2D eigenvalue weighted by Crippen LogP contribution is 2.15. The molecule has 0 bridgehead atoms. The molecular weight excluding hydrogens is 198 g/mol. The summed E-state index contributed by atoms with van der Waals surface area (Å²) in [6.45, 7) is 5.87. The van der Waals surface area contributed by atoms with Gasteiger partial charge in [0, 0.05) is 5.56 Å². The van der Waals surface area contributed by atoms with E-state index in [0.717, 1.165) is 12.8 Å². The van der Waals surface area contributed by atoms with Crippen LogP contribution in [0.2, 0.25) is 0 Å². The number of Topliss-reactive ketones (excluding diaryl/α,β-unsaturated/α-hetero) is 1. The zero-order chi connectivity index (χ0) is 12.2. The number of carbonyl (C=O) groups is 1. The molecule has 1 aromatic carbocycles. The molecule has 88 valence electrons. The first kappa shape index (κ1) is 12.9. The molecule has 1 aromatic rings. The number of rotatable bonds is 5. The quantitative estimate of drug-likeness (QED) is 0.774. The summed E-state index contributed by atoms with van der Waals surface area (Å²) in [6, 6.07) is 7.80. The smallest absolute Gasteiger partial charge is 0.182 e. The highest BCUT2D eigenvalue weighted by Gasteiger charge is 2.26. The summed E-state index contributed by atoms with van der Waals surface area (Å²) in [4.78, 5) is 12.0. The van der Waals surface area contributed by atoms with Crippen LogP contribution < -0.4 is 5.73 Å². The summed E-state index contributed by atoms with van der Waals surface area (Å²) >= 11 is 0. The molecule has 0 aliphatic carbocycles. The summed E-state index contributed by atoms with van der Waals surface area (Å²) in [6.07, 6.45) is 2.83. The SMILES string of the molecule is CCCc1ccc(C(=O)C(C)(N)CC)cc1. The molecule has 0 radical (unpaired) electrons. The van der Waals surface area contributed by atoms with Gasteiger partial charge in [-0.15, -0.1) is 0 Å². The second kappa shape index (κ2) is 5.26. The van der Waals surface area contributed by atoms with E-state index in [4.69, 9.17) is 5.73 Å². The van der Waals surface area contributed by atoms with Gasteiger partial charge in [0.15, 0.2) is 5.78 Å². The third-order valence-electron chi connectivity index (χ3n) is 3.01. The average Bonchev–Trinajstić information content (AvgIpc) is 2.29. The van der Waals surface area contributed by atoms with Gasteiger partial charge in [0.1, 0.15) is 0 Å². The van der Waals surface area contributed by atoms with Crippen molar-refractivity contribution in [3.8, 4) is 0 Å². The van der Waals surface area contributed by atoms with Gasteiger partial charge in [-0.25, -0.2) is 0 Å². The van der Waals surface area contributed by atoms with Gasteiger partial charge in [-0.1, -0.05) is 44.5 Å². The molecule has 1 rings (SSSR count). The zero-order valence-electron chi connectivity index (χ0n) is 10.4. The van der Waals surface area contributed by atoms with E-state index in [-0.39, 0.29) is 5.78 Å². The first-order chi connectivity index (χ1) is 7.51. The Hall–Kier alpha value is -1.15. The number of benzene rings is 1. The standard InChI is InChI=1S/C14H21NO/c1-4-6-11-7-9-12(10-8-11)13(16)14(3,15)5-2/h7-10H,4-6,15H2,1-3H3. The molecule has 1 unspecified atom stereocenters. The van der Waals surface area contributed by atoms with Crippen LogP contribution in [0.15, 0.2) is 24.3 Å². The van der Waals surface area contributed by atoms with Gasteiger partial charge in [-0.05, 0) is 25.3 Å². The molecule has 0 heterocycles. The van der Waals surface area contributed by atoms with E-state index >= 15 is 0 Å². The number of aryl methyl sites for hydroxylation is 1. The van der Waals surface area contributed by atoms with Crippen LogP contribution in [-0.2, 0) is 6.42 Å². The second-order valence-corrected chi connectivity index (χ2v) is 4.55. The Morgan fingerprint density at radius 3 is 2.25 bits per heavy atom. The van der Waals surface area contributed by atoms with E-state index in [1.165, 1.54) is 5.56 Å². The van der Waals surface area contributed by atoms with Crippen LogP contribution >= 0.6 is 0 Å². The third-order valence-corrected chi connectivity index (χ3v) is 3.01. The number of hydrogen-bond donors (Lipinski definition) is 1. The van der Waals surface area contributed by atoms with Gasteiger partial charge in [0.2, 0.25) is 0 Å². The van der Waals surface area contributed by atoms with Crippen LogP contribution in [-0.4, -0.2) is 11.3 Å². The number of carbonyl (C=O) groups excluding carboxylic acids is 1. The van der Waals surface area contributed by atoms with Gasteiger partial charge >= 0.3 is 0 Å². The lowest BCUT2D eigenvalue weighted by molar-refractivity contribution is 0.0898. The molecule has 0 spiro atoms. The molecule has 0 fully saturated rings. The summed E-state index contributed by atoms with van der Waals surface area (Å²) < 4.78 is 0.